The summed E-state index contributed by atoms with van der Waals surface area (Å²) in [6.07, 6.45) is 5.18. The van der Waals surface area contributed by atoms with Gasteiger partial charge in [-0.05, 0) is 57.4 Å². The molecule has 0 aromatic heterocycles. The maximum Gasteiger partial charge on any atom is 0.191 e. The molecule has 0 spiro atoms. The van der Waals surface area contributed by atoms with Gasteiger partial charge in [0.1, 0.15) is 5.75 Å². The van der Waals surface area contributed by atoms with Crippen molar-refractivity contribution in [1.82, 2.24) is 15.5 Å². The molecule has 24 heavy (non-hydrogen) atoms. The van der Waals surface area contributed by atoms with Crippen LogP contribution in [0.5, 0.6) is 5.75 Å². The quantitative estimate of drug-likeness (QED) is 0.408. The van der Waals surface area contributed by atoms with Gasteiger partial charge in [-0.15, -0.1) is 0 Å². The van der Waals surface area contributed by atoms with Crippen LogP contribution in [0, 0.1) is 0 Å². The van der Waals surface area contributed by atoms with Crippen molar-refractivity contribution in [3.63, 3.8) is 0 Å². The molecule has 1 aliphatic heterocycles. The fraction of sp³-hybridized carbons (Fsp3) is 0.632. The molecule has 134 valence electrons. The first-order valence-electron chi connectivity index (χ1n) is 9.23. The second-order valence-corrected chi connectivity index (χ2v) is 6.53. The highest BCUT2D eigenvalue weighted by Crippen LogP contribution is 2.16. The molecule has 1 aromatic carbocycles. The zero-order valence-electron chi connectivity index (χ0n) is 15.1. The Morgan fingerprint density at radius 2 is 2.21 bits per heavy atom. The molecule has 1 unspecified atom stereocenters. The van der Waals surface area contributed by atoms with Gasteiger partial charge in [0.2, 0.25) is 0 Å². The van der Waals surface area contributed by atoms with Gasteiger partial charge in [-0.1, -0.05) is 18.6 Å². The number of aliphatic imine (C=N–C) groups is 1. The van der Waals surface area contributed by atoms with Crippen LogP contribution in [0.1, 0.15) is 45.1 Å². The molecule has 0 bridgehead atoms. The molecule has 3 N–H and O–H groups in total. The van der Waals surface area contributed by atoms with E-state index in [1.165, 1.54) is 25.8 Å². The highest BCUT2D eigenvalue weighted by molar-refractivity contribution is 5.79. The Morgan fingerprint density at radius 1 is 1.33 bits per heavy atom. The Balaban J connectivity index is 1.75. The summed E-state index contributed by atoms with van der Waals surface area (Å²) in [5, 5.41) is 16.2. The number of likely N-dealkylation sites (tertiary alicyclic amines) is 1. The lowest BCUT2D eigenvalue weighted by Gasteiger charge is -2.33. The highest BCUT2D eigenvalue weighted by atomic mass is 16.3. The number of nitrogens with one attached hydrogen (secondary N) is 2. The first kappa shape index (κ1) is 18.6. The zero-order chi connectivity index (χ0) is 17.2. The maximum atomic E-state index is 9.52. The Labute approximate surface area is 146 Å². The van der Waals surface area contributed by atoms with E-state index in [0.29, 0.717) is 6.54 Å². The number of guanidine groups is 1. The van der Waals surface area contributed by atoms with Crippen molar-refractivity contribution in [3.05, 3.63) is 29.8 Å². The van der Waals surface area contributed by atoms with E-state index in [1.807, 2.05) is 12.1 Å². The molecule has 2 rings (SSSR count). The molecular formula is C19H32N4O. The highest BCUT2D eigenvalue weighted by Gasteiger charge is 2.17. The van der Waals surface area contributed by atoms with Crippen LogP contribution in [0.3, 0.4) is 0 Å². The molecule has 1 atom stereocenters. The molecule has 1 heterocycles. The van der Waals surface area contributed by atoms with E-state index < -0.39 is 0 Å². The molecule has 5 heteroatoms. The first-order chi connectivity index (χ1) is 11.7. The van der Waals surface area contributed by atoms with E-state index >= 15 is 0 Å². The van der Waals surface area contributed by atoms with Crippen LogP contribution in [-0.2, 0) is 6.54 Å². The zero-order valence-corrected chi connectivity index (χ0v) is 15.1. The summed E-state index contributed by atoms with van der Waals surface area (Å²) in [7, 11) is 0. The van der Waals surface area contributed by atoms with E-state index in [-0.39, 0.29) is 5.75 Å². The second kappa shape index (κ2) is 10.2. The Kier molecular flexibility index (Phi) is 7.89. The van der Waals surface area contributed by atoms with Crippen molar-refractivity contribution >= 4 is 5.96 Å². The number of phenolic OH excluding ortho intramolecular Hbond substituents is 1. The summed E-state index contributed by atoms with van der Waals surface area (Å²) in [6.45, 7) is 9.14. The monoisotopic (exact) mass is 332 g/mol. The maximum absolute atomic E-state index is 9.52. The lowest BCUT2D eigenvalue weighted by molar-refractivity contribution is 0.159. The summed E-state index contributed by atoms with van der Waals surface area (Å²) in [5.74, 6) is 1.13. The van der Waals surface area contributed by atoms with E-state index in [1.54, 1.807) is 12.1 Å². The molecule has 0 saturated carbocycles. The van der Waals surface area contributed by atoms with Crippen LogP contribution in [0.4, 0.5) is 0 Å². The Hall–Kier alpha value is -1.75. The van der Waals surface area contributed by atoms with Crippen LogP contribution >= 0.6 is 0 Å². The number of piperidine rings is 1. The predicted octanol–water partition coefficient (Wildman–Crippen LogP) is 2.71. The Morgan fingerprint density at radius 3 is 2.96 bits per heavy atom. The molecule has 1 aliphatic rings. The van der Waals surface area contributed by atoms with Crippen molar-refractivity contribution in [1.29, 1.82) is 0 Å². The number of benzene rings is 1. The fourth-order valence-electron chi connectivity index (χ4n) is 3.15. The van der Waals surface area contributed by atoms with Crippen LogP contribution in [0.2, 0.25) is 0 Å². The summed E-state index contributed by atoms with van der Waals surface area (Å²) < 4.78 is 0. The van der Waals surface area contributed by atoms with Crippen LogP contribution in [-0.4, -0.2) is 48.2 Å². The van der Waals surface area contributed by atoms with Gasteiger partial charge in [0.25, 0.3) is 0 Å². The lowest BCUT2D eigenvalue weighted by atomic mass is 10.0. The minimum atomic E-state index is 0.288. The van der Waals surface area contributed by atoms with Gasteiger partial charge in [-0.25, -0.2) is 4.99 Å². The van der Waals surface area contributed by atoms with Crippen molar-refractivity contribution < 1.29 is 5.11 Å². The minimum absolute atomic E-state index is 0.288. The number of hydrogen-bond donors (Lipinski definition) is 3. The van der Waals surface area contributed by atoms with Crippen LogP contribution in [0.15, 0.2) is 29.3 Å². The lowest BCUT2D eigenvalue weighted by Crippen LogP contribution is -2.41. The molecule has 0 amide bonds. The summed E-state index contributed by atoms with van der Waals surface area (Å²) in [5.41, 5.74) is 1.01. The molecule has 0 radical (unpaired) electrons. The van der Waals surface area contributed by atoms with E-state index in [4.69, 9.17) is 0 Å². The molecule has 1 saturated heterocycles. The summed E-state index contributed by atoms with van der Waals surface area (Å²) >= 11 is 0. The third-order valence-electron chi connectivity index (χ3n) is 4.53. The van der Waals surface area contributed by atoms with Crippen molar-refractivity contribution in [3.8, 4) is 5.75 Å². The molecule has 0 aliphatic carbocycles. The van der Waals surface area contributed by atoms with Gasteiger partial charge >= 0.3 is 0 Å². The number of aromatic hydroxyl groups is 1. The SMILES string of the molecule is CCNC(=NCc1cccc(O)c1)NCCCN1CCCCC1C. The van der Waals surface area contributed by atoms with Crippen molar-refractivity contribution in [2.24, 2.45) is 4.99 Å². The third-order valence-corrected chi connectivity index (χ3v) is 4.53. The number of hydrogen-bond acceptors (Lipinski definition) is 3. The summed E-state index contributed by atoms with van der Waals surface area (Å²) in [4.78, 5) is 7.19. The van der Waals surface area contributed by atoms with E-state index in [0.717, 1.165) is 43.6 Å². The minimum Gasteiger partial charge on any atom is -0.508 e. The normalized spacial score (nSPS) is 19.2. The van der Waals surface area contributed by atoms with Gasteiger partial charge < -0.3 is 20.6 Å². The molecule has 1 aromatic rings. The van der Waals surface area contributed by atoms with Gasteiger partial charge in [-0.2, -0.15) is 0 Å². The smallest absolute Gasteiger partial charge is 0.191 e. The average Bonchev–Trinajstić information content (AvgIpc) is 2.58. The average molecular weight is 332 g/mol. The Bertz CT molecular complexity index is 518. The standard InChI is InChI=1S/C19H32N4O/c1-3-20-19(22-15-17-9-6-10-18(24)14-17)21-11-7-13-23-12-5-4-8-16(23)2/h6,9-10,14,16,24H,3-5,7-8,11-13,15H2,1-2H3,(H2,20,21,22). The second-order valence-electron chi connectivity index (χ2n) is 6.53. The third kappa shape index (κ3) is 6.40. The van der Waals surface area contributed by atoms with Crippen LogP contribution in [0.25, 0.3) is 0 Å². The van der Waals surface area contributed by atoms with Gasteiger partial charge in [0.05, 0.1) is 6.54 Å². The first-order valence-corrected chi connectivity index (χ1v) is 9.23. The largest absolute Gasteiger partial charge is 0.508 e. The number of nitrogens with zero attached hydrogens (tertiary/aromatic N) is 2. The van der Waals surface area contributed by atoms with Gasteiger partial charge in [0.15, 0.2) is 5.96 Å². The fourth-order valence-corrected chi connectivity index (χ4v) is 3.15. The molecule has 1 fully saturated rings. The van der Waals surface area contributed by atoms with E-state index in [9.17, 15) is 5.11 Å². The number of rotatable bonds is 7. The van der Waals surface area contributed by atoms with Gasteiger partial charge in [0, 0.05) is 25.7 Å². The number of phenols is 1. The van der Waals surface area contributed by atoms with Crippen molar-refractivity contribution in [2.45, 2.75) is 52.1 Å². The van der Waals surface area contributed by atoms with E-state index in [2.05, 4.69) is 34.4 Å². The van der Waals surface area contributed by atoms with Gasteiger partial charge in [-0.3, -0.25) is 0 Å². The topological polar surface area (TPSA) is 59.9 Å². The molecular weight excluding hydrogens is 300 g/mol. The summed E-state index contributed by atoms with van der Waals surface area (Å²) in [6, 6.07) is 7.99. The van der Waals surface area contributed by atoms with Crippen LogP contribution < -0.4 is 10.6 Å². The molecule has 5 nitrogen and oxygen atoms in total. The predicted molar refractivity (Wildman–Crippen MR) is 100 cm³/mol. The van der Waals surface area contributed by atoms with Crippen molar-refractivity contribution in [2.75, 3.05) is 26.2 Å².